The smallest absolute Gasteiger partial charge is 0.265 e. The van der Waals surface area contributed by atoms with E-state index in [-0.39, 0.29) is 5.91 Å². The number of amides is 1. The highest BCUT2D eigenvalue weighted by Crippen LogP contribution is 2.20. The van der Waals surface area contributed by atoms with Gasteiger partial charge in [0.2, 0.25) is 0 Å². The molecule has 0 aromatic carbocycles. The van der Waals surface area contributed by atoms with Crippen molar-refractivity contribution in [3.63, 3.8) is 0 Å². The number of rotatable bonds is 2. The minimum Gasteiger partial charge on any atom is -0.353 e. The van der Waals surface area contributed by atoms with Crippen LogP contribution in [0.5, 0.6) is 0 Å². The van der Waals surface area contributed by atoms with Crippen LogP contribution in [0.1, 0.15) is 26.8 Å². The summed E-state index contributed by atoms with van der Waals surface area (Å²) < 4.78 is 0. The van der Waals surface area contributed by atoms with Gasteiger partial charge in [-0.2, -0.15) is 5.10 Å². The monoisotopic (exact) mass is 317 g/mol. The van der Waals surface area contributed by atoms with Crippen molar-refractivity contribution in [2.45, 2.75) is 20.3 Å². The third kappa shape index (κ3) is 3.09. The second-order valence-corrected chi connectivity index (χ2v) is 6.57. The molecule has 0 unspecified atom stereocenters. The van der Waals surface area contributed by atoms with Gasteiger partial charge in [0.1, 0.15) is 4.88 Å². The van der Waals surface area contributed by atoms with E-state index in [1.807, 2.05) is 30.9 Å². The molecule has 3 heterocycles. The van der Waals surface area contributed by atoms with Crippen LogP contribution in [-0.4, -0.2) is 52.2 Å². The molecule has 1 aliphatic heterocycles. The molecular formula is C15H19N5OS. The predicted octanol–water partition coefficient (Wildman–Crippen LogP) is 1.90. The average Bonchev–Trinajstić information content (AvgIpc) is 2.74. The van der Waals surface area contributed by atoms with E-state index in [1.54, 1.807) is 6.20 Å². The van der Waals surface area contributed by atoms with Gasteiger partial charge in [-0.15, -0.1) is 16.4 Å². The first-order valence-corrected chi connectivity index (χ1v) is 8.23. The third-order valence-electron chi connectivity index (χ3n) is 3.76. The molecule has 1 fully saturated rings. The van der Waals surface area contributed by atoms with Gasteiger partial charge in [-0.05, 0) is 32.4 Å². The Labute approximate surface area is 133 Å². The summed E-state index contributed by atoms with van der Waals surface area (Å²) in [5.74, 6) is 0.978. The summed E-state index contributed by atoms with van der Waals surface area (Å²) in [5.41, 5.74) is 0.836. The lowest BCUT2D eigenvalue weighted by Gasteiger charge is -2.22. The molecule has 0 N–H and O–H groups in total. The molecule has 3 rings (SSSR count). The lowest BCUT2D eigenvalue weighted by molar-refractivity contribution is 0.0771. The Balaban J connectivity index is 1.70. The number of aryl methyl sites for hydroxylation is 2. The number of anilines is 1. The molecule has 0 saturated carbocycles. The van der Waals surface area contributed by atoms with Crippen LogP contribution in [0.25, 0.3) is 0 Å². The molecule has 0 spiro atoms. The minimum absolute atomic E-state index is 0.101. The summed E-state index contributed by atoms with van der Waals surface area (Å²) >= 11 is 1.48. The molecule has 22 heavy (non-hydrogen) atoms. The van der Waals surface area contributed by atoms with Crippen LogP contribution >= 0.6 is 11.3 Å². The van der Waals surface area contributed by atoms with E-state index in [9.17, 15) is 4.79 Å². The molecule has 0 radical (unpaired) electrons. The number of carbonyl (C=O) groups is 1. The van der Waals surface area contributed by atoms with Crippen molar-refractivity contribution in [2.75, 3.05) is 31.1 Å². The SMILES string of the molecule is Cc1nc(C)c(C(=O)N2CCCN(c3cccnn3)CC2)s1. The maximum atomic E-state index is 12.7. The zero-order valence-electron chi connectivity index (χ0n) is 12.8. The Hall–Kier alpha value is -2.02. The molecule has 1 saturated heterocycles. The normalized spacial score (nSPS) is 15.7. The van der Waals surface area contributed by atoms with Crippen LogP contribution in [0.4, 0.5) is 5.82 Å². The zero-order chi connectivity index (χ0) is 15.5. The van der Waals surface area contributed by atoms with Crippen LogP contribution in [0, 0.1) is 13.8 Å². The van der Waals surface area contributed by atoms with Gasteiger partial charge in [0, 0.05) is 32.4 Å². The van der Waals surface area contributed by atoms with Gasteiger partial charge < -0.3 is 9.80 Å². The topological polar surface area (TPSA) is 62.2 Å². The fraction of sp³-hybridized carbons (Fsp3) is 0.467. The van der Waals surface area contributed by atoms with Crippen molar-refractivity contribution in [1.29, 1.82) is 0 Å². The van der Waals surface area contributed by atoms with Crippen molar-refractivity contribution in [3.8, 4) is 0 Å². The fourth-order valence-corrected chi connectivity index (χ4v) is 3.57. The highest BCUT2D eigenvalue weighted by Gasteiger charge is 2.23. The largest absolute Gasteiger partial charge is 0.353 e. The van der Waals surface area contributed by atoms with E-state index in [0.717, 1.165) is 47.5 Å². The average molecular weight is 317 g/mol. The standard InChI is InChI=1S/C15H19N5OS/c1-11-14(22-12(2)17-11)15(21)20-8-4-7-19(9-10-20)13-5-3-6-16-18-13/h3,5-6H,4,7-10H2,1-2H3. The third-order valence-corrected chi connectivity index (χ3v) is 4.82. The van der Waals surface area contributed by atoms with E-state index < -0.39 is 0 Å². The molecule has 6 nitrogen and oxygen atoms in total. The first-order valence-electron chi connectivity index (χ1n) is 7.41. The summed E-state index contributed by atoms with van der Waals surface area (Å²) in [5, 5.41) is 9.02. The summed E-state index contributed by atoms with van der Waals surface area (Å²) in [6.45, 7) is 6.98. The van der Waals surface area contributed by atoms with Gasteiger partial charge in [-0.1, -0.05) is 0 Å². The number of hydrogen-bond acceptors (Lipinski definition) is 6. The quantitative estimate of drug-likeness (QED) is 0.846. The van der Waals surface area contributed by atoms with Crippen molar-refractivity contribution >= 4 is 23.1 Å². The van der Waals surface area contributed by atoms with Crippen molar-refractivity contribution in [1.82, 2.24) is 20.1 Å². The van der Waals surface area contributed by atoms with Crippen LogP contribution in [-0.2, 0) is 0 Å². The molecular weight excluding hydrogens is 298 g/mol. The van der Waals surface area contributed by atoms with Crippen molar-refractivity contribution in [2.24, 2.45) is 0 Å². The Kier molecular flexibility index (Phi) is 4.33. The number of aromatic nitrogens is 3. The molecule has 2 aromatic heterocycles. The maximum Gasteiger partial charge on any atom is 0.265 e. The second-order valence-electron chi connectivity index (χ2n) is 5.36. The van der Waals surface area contributed by atoms with Crippen LogP contribution in [0.2, 0.25) is 0 Å². The van der Waals surface area contributed by atoms with E-state index in [0.29, 0.717) is 6.54 Å². The number of thiazole rings is 1. The fourth-order valence-electron chi connectivity index (χ4n) is 2.69. The molecule has 7 heteroatoms. The molecule has 0 atom stereocenters. The minimum atomic E-state index is 0.101. The van der Waals surface area contributed by atoms with Gasteiger partial charge in [0.25, 0.3) is 5.91 Å². The van der Waals surface area contributed by atoms with Crippen LogP contribution in [0.15, 0.2) is 18.3 Å². The predicted molar refractivity (Wildman–Crippen MR) is 86.4 cm³/mol. The first kappa shape index (κ1) is 14.9. The van der Waals surface area contributed by atoms with Gasteiger partial charge in [-0.3, -0.25) is 4.79 Å². The summed E-state index contributed by atoms with van der Waals surface area (Å²) in [4.78, 5) is 21.9. The van der Waals surface area contributed by atoms with Gasteiger partial charge in [0.15, 0.2) is 5.82 Å². The Bertz CT molecular complexity index is 657. The van der Waals surface area contributed by atoms with Gasteiger partial charge in [0.05, 0.1) is 10.7 Å². The second kappa shape index (κ2) is 6.39. The molecule has 116 valence electrons. The number of hydrogen-bond donors (Lipinski definition) is 0. The molecule has 1 amide bonds. The summed E-state index contributed by atoms with van der Waals surface area (Å²) in [7, 11) is 0. The van der Waals surface area contributed by atoms with Crippen molar-refractivity contribution in [3.05, 3.63) is 33.9 Å². The van der Waals surface area contributed by atoms with E-state index in [4.69, 9.17) is 0 Å². The summed E-state index contributed by atoms with van der Waals surface area (Å²) in [6.07, 6.45) is 2.60. The molecule has 0 bridgehead atoms. The summed E-state index contributed by atoms with van der Waals surface area (Å²) in [6, 6.07) is 3.85. The lowest BCUT2D eigenvalue weighted by Crippen LogP contribution is -2.35. The van der Waals surface area contributed by atoms with E-state index in [1.165, 1.54) is 11.3 Å². The van der Waals surface area contributed by atoms with Crippen molar-refractivity contribution < 1.29 is 4.79 Å². The van der Waals surface area contributed by atoms with E-state index >= 15 is 0 Å². The number of carbonyl (C=O) groups excluding carboxylic acids is 1. The highest BCUT2D eigenvalue weighted by atomic mass is 32.1. The zero-order valence-corrected chi connectivity index (χ0v) is 13.6. The Morgan fingerprint density at radius 1 is 1.23 bits per heavy atom. The van der Waals surface area contributed by atoms with Crippen LogP contribution < -0.4 is 4.90 Å². The van der Waals surface area contributed by atoms with Gasteiger partial charge in [-0.25, -0.2) is 4.98 Å². The Morgan fingerprint density at radius 3 is 2.77 bits per heavy atom. The Morgan fingerprint density at radius 2 is 2.09 bits per heavy atom. The van der Waals surface area contributed by atoms with Gasteiger partial charge >= 0.3 is 0 Å². The molecule has 0 aliphatic carbocycles. The number of nitrogens with zero attached hydrogens (tertiary/aromatic N) is 5. The first-order chi connectivity index (χ1) is 10.6. The molecule has 2 aromatic rings. The van der Waals surface area contributed by atoms with E-state index in [2.05, 4.69) is 20.1 Å². The van der Waals surface area contributed by atoms with Crippen LogP contribution in [0.3, 0.4) is 0 Å². The molecule has 1 aliphatic rings. The highest BCUT2D eigenvalue weighted by molar-refractivity contribution is 7.13. The lowest BCUT2D eigenvalue weighted by atomic mass is 10.3. The maximum absolute atomic E-state index is 12.7.